The Morgan fingerprint density at radius 1 is 1.00 bits per heavy atom. The highest BCUT2D eigenvalue weighted by Crippen LogP contribution is 2.28. The van der Waals surface area contributed by atoms with E-state index in [-0.39, 0.29) is 6.61 Å². The number of aliphatic hydroxyl groups excluding tert-OH is 1. The molecule has 2 aromatic carbocycles. The fourth-order valence-corrected chi connectivity index (χ4v) is 3.50. The minimum atomic E-state index is 0.154. The zero-order valence-corrected chi connectivity index (χ0v) is 16.0. The number of nitrogens with zero attached hydrogens (tertiary/aromatic N) is 3. The number of rotatable bonds is 8. The van der Waals surface area contributed by atoms with E-state index in [0.717, 1.165) is 34.5 Å². The van der Waals surface area contributed by atoms with Crippen LogP contribution >= 0.6 is 11.8 Å². The van der Waals surface area contributed by atoms with E-state index in [4.69, 9.17) is 5.11 Å². The van der Waals surface area contributed by atoms with Gasteiger partial charge in [0, 0.05) is 24.4 Å². The molecule has 1 heterocycles. The molecule has 0 atom stereocenters. The molecule has 0 bridgehead atoms. The van der Waals surface area contributed by atoms with Gasteiger partial charge in [0.15, 0.2) is 11.0 Å². The number of hydrogen-bond acceptors (Lipinski definition) is 5. The maximum absolute atomic E-state index is 8.86. The van der Waals surface area contributed by atoms with E-state index in [2.05, 4.69) is 64.3 Å². The molecule has 5 nitrogen and oxygen atoms in total. The molecule has 0 aliphatic rings. The van der Waals surface area contributed by atoms with Crippen molar-refractivity contribution in [3.05, 3.63) is 59.7 Å². The fraction of sp³-hybridized carbons (Fsp3) is 0.300. The zero-order chi connectivity index (χ0) is 18.4. The van der Waals surface area contributed by atoms with Crippen molar-refractivity contribution in [1.82, 2.24) is 20.1 Å². The van der Waals surface area contributed by atoms with Gasteiger partial charge in [-0.15, -0.1) is 10.2 Å². The van der Waals surface area contributed by atoms with Gasteiger partial charge in [-0.25, -0.2) is 0 Å². The quantitative estimate of drug-likeness (QED) is 0.472. The van der Waals surface area contributed by atoms with Crippen molar-refractivity contribution in [2.24, 2.45) is 0 Å². The first-order valence-electron chi connectivity index (χ1n) is 8.73. The van der Waals surface area contributed by atoms with E-state index in [1.165, 1.54) is 11.1 Å². The lowest BCUT2D eigenvalue weighted by Gasteiger charge is -2.12. The second-order valence-electron chi connectivity index (χ2n) is 6.10. The van der Waals surface area contributed by atoms with E-state index in [1.54, 1.807) is 11.8 Å². The second-order valence-corrected chi connectivity index (χ2v) is 7.16. The summed E-state index contributed by atoms with van der Waals surface area (Å²) in [6, 6.07) is 16.6. The molecule has 0 aliphatic carbocycles. The van der Waals surface area contributed by atoms with Crippen molar-refractivity contribution in [3.8, 4) is 17.1 Å². The number of nitrogens with one attached hydrogen (secondary N) is 1. The average molecular weight is 369 g/mol. The number of benzene rings is 2. The van der Waals surface area contributed by atoms with Gasteiger partial charge in [0.25, 0.3) is 0 Å². The van der Waals surface area contributed by atoms with Crippen LogP contribution in [-0.2, 0) is 0 Å². The third-order valence-electron chi connectivity index (χ3n) is 4.21. The number of aliphatic hydroxyl groups is 1. The molecule has 0 radical (unpaired) electrons. The average Bonchev–Trinajstić information content (AvgIpc) is 3.08. The molecule has 0 aliphatic heterocycles. The first-order valence-corrected chi connectivity index (χ1v) is 9.72. The number of aryl methyl sites for hydroxylation is 2. The normalized spacial score (nSPS) is 11.0. The van der Waals surface area contributed by atoms with Gasteiger partial charge in [-0.2, -0.15) is 0 Å². The molecule has 0 amide bonds. The van der Waals surface area contributed by atoms with Crippen LogP contribution in [0, 0.1) is 13.8 Å². The van der Waals surface area contributed by atoms with Crippen LogP contribution in [0.25, 0.3) is 17.1 Å². The smallest absolute Gasteiger partial charge is 0.196 e. The third-order valence-corrected chi connectivity index (χ3v) is 5.14. The van der Waals surface area contributed by atoms with E-state index in [1.807, 2.05) is 18.2 Å². The number of thioether (sulfide) groups is 1. The number of aromatic nitrogens is 3. The van der Waals surface area contributed by atoms with Crippen LogP contribution in [0.3, 0.4) is 0 Å². The van der Waals surface area contributed by atoms with Crippen molar-refractivity contribution >= 4 is 11.8 Å². The van der Waals surface area contributed by atoms with Crippen molar-refractivity contribution in [1.29, 1.82) is 0 Å². The van der Waals surface area contributed by atoms with Crippen molar-refractivity contribution < 1.29 is 5.11 Å². The van der Waals surface area contributed by atoms with Crippen molar-refractivity contribution in [2.75, 3.05) is 25.4 Å². The standard InChI is InChI=1S/C20H24N4OS/c1-15-8-9-18(14-16(15)2)24-19(17-6-4-3-5-7-17)22-23-20(24)26-13-11-21-10-12-25/h3-9,14,21,25H,10-13H2,1-2H3. The van der Waals surface area contributed by atoms with Crippen LogP contribution in [-0.4, -0.2) is 45.3 Å². The Kier molecular flexibility index (Phi) is 6.44. The minimum absolute atomic E-state index is 0.154. The second kappa shape index (κ2) is 8.98. The fourth-order valence-electron chi connectivity index (χ4n) is 2.65. The van der Waals surface area contributed by atoms with Crippen LogP contribution in [0.4, 0.5) is 0 Å². The maximum Gasteiger partial charge on any atom is 0.196 e. The zero-order valence-electron chi connectivity index (χ0n) is 15.1. The predicted molar refractivity (Wildman–Crippen MR) is 107 cm³/mol. The van der Waals surface area contributed by atoms with Crippen molar-refractivity contribution in [2.45, 2.75) is 19.0 Å². The summed E-state index contributed by atoms with van der Waals surface area (Å²) in [5, 5.41) is 21.8. The summed E-state index contributed by atoms with van der Waals surface area (Å²) in [7, 11) is 0. The molecule has 2 N–H and O–H groups in total. The molecule has 0 unspecified atom stereocenters. The molecular weight excluding hydrogens is 344 g/mol. The Morgan fingerprint density at radius 3 is 2.54 bits per heavy atom. The summed E-state index contributed by atoms with van der Waals surface area (Å²) in [5.74, 6) is 1.71. The molecule has 0 spiro atoms. The van der Waals surface area contributed by atoms with Gasteiger partial charge in [0.1, 0.15) is 0 Å². The van der Waals surface area contributed by atoms with Crippen LogP contribution in [0.1, 0.15) is 11.1 Å². The predicted octanol–water partition coefficient (Wildman–Crippen LogP) is 3.23. The van der Waals surface area contributed by atoms with E-state index >= 15 is 0 Å². The molecule has 0 fully saturated rings. The van der Waals surface area contributed by atoms with E-state index in [0.29, 0.717) is 6.54 Å². The molecule has 0 saturated heterocycles. The minimum Gasteiger partial charge on any atom is -0.395 e. The number of hydrogen-bond donors (Lipinski definition) is 2. The van der Waals surface area contributed by atoms with Gasteiger partial charge in [-0.1, -0.05) is 48.2 Å². The molecular formula is C20H24N4OS. The molecule has 3 rings (SSSR count). The SMILES string of the molecule is Cc1ccc(-n2c(SCCNCCO)nnc2-c2ccccc2)cc1C. The highest BCUT2D eigenvalue weighted by molar-refractivity contribution is 7.99. The summed E-state index contributed by atoms with van der Waals surface area (Å²) in [4.78, 5) is 0. The van der Waals surface area contributed by atoms with E-state index in [9.17, 15) is 0 Å². The van der Waals surface area contributed by atoms with Gasteiger partial charge in [-0.3, -0.25) is 4.57 Å². The summed E-state index contributed by atoms with van der Waals surface area (Å²) >= 11 is 1.66. The first kappa shape index (κ1) is 18.6. The van der Waals surface area contributed by atoms with Crippen LogP contribution < -0.4 is 5.32 Å². The highest BCUT2D eigenvalue weighted by Gasteiger charge is 2.16. The first-order chi connectivity index (χ1) is 12.7. The molecule has 0 saturated carbocycles. The lowest BCUT2D eigenvalue weighted by atomic mass is 10.1. The largest absolute Gasteiger partial charge is 0.395 e. The Bertz CT molecular complexity index is 848. The summed E-state index contributed by atoms with van der Waals surface area (Å²) in [5.41, 5.74) is 4.63. The van der Waals surface area contributed by atoms with Gasteiger partial charge in [0.05, 0.1) is 12.3 Å². The molecule has 6 heteroatoms. The topological polar surface area (TPSA) is 63.0 Å². The molecule has 1 aromatic heterocycles. The maximum atomic E-state index is 8.86. The Balaban J connectivity index is 1.94. The molecule has 3 aromatic rings. The summed E-state index contributed by atoms with van der Waals surface area (Å²) < 4.78 is 2.12. The lowest BCUT2D eigenvalue weighted by molar-refractivity contribution is 0.294. The molecule has 136 valence electrons. The van der Waals surface area contributed by atoms with Gasteiger partial charge < -0.3 is 10.4 Å². The third kappa shape index (κ3) is 4.33. The van der Waals surface area contributed by atoms with Crippen LogP contribution in [0.2, 0.25) is 0 Å². The van der Waals surface area contributed by atoms with Gasteiger partial charge in [0.2, 0.25) is 0 Å². The van der Waals surface area contributed by atoms with Gasteiger partial charge >= 0.3 is 0 Å². The lowest BCUT2D eigenvalue weighted by Crippen LogP contribution is -2.20. The summed E-state index contributed by atoms with van der Waals surface area (Å²) in [6.45, 7) is 5.82. The van der Waals surface area contributed by atoms with Crippen LogP contribution in [0.5, 0.6) is 0 Å². The highest BCUT2D eigenvalue weighted by atomic mass is 32.2. The van der Waals surface area contributed by atoms with Crippen LogP contribution in [0.15, 0.2) is 53.7 Å². The molecule has 26 heavy (non-hydrogen) atoms. The van der Waals surface area contributed by atoms with Crippen molar-refractivity contribution in [3.63, 3.8) is 0 Å². The monoisotopic (exact) mass is 368 g/mol. The Labute approximate surface area is 158 Å². The summed E-state index contributed by atoms with van der Waals surface area (Å²) in [6.07, 6.45) is 0. The Hall–Kier alpha value is -2.15. The van der Waals surface area contributed by atoms with Gasteiger partial charge in [-0.05, 0) is 37.1 Å². The van der Waals surface area contributed by atoms with E-state index < -0.39 is 0 Å². The Morgan fingerprint density at radius 2 is 1.81 bits per heavy atom.